The van der Waals surface area contributed by atoms with Crippen LogP contribution in [0.5, 0.6) is 0 Å². The van der Waals surface area contributed by atoms with Crippen molar-refractivity contribution in [3.63, 3.8) is 0 Å². The van der Waals surface area contributed by atoms with Gasteiger partial charge in [-0.25, -0.2) is 4.79 Å². The topological polar surface area (TPSA) is 74.2 Å². The number of hydrogen-bond donors (Lipinski definition) is 1. The Labute approximate surface area is 97.7 Å². The molecule has 16 heavy (non-hydrogen) atoms. The fourth-order valence-corrected chi connectivity index (χ4v) is 1.13. The maximum Gasteiger partial charge on any atom is 0.483 e. The molecular formula is C9H20O6Si. The first-order valence-corrected chi connectivity index (χ1v) is 5.96. The van der Waals surface area contributed by atoms with E-state index in [1.165, 1.54) is 0 Å². The summed E-state index contributed by atoms with van der Waals surface area (Å²) < 4.78 is 18.7. The van der Waals surface area contributed by atoms with Crippen LogP contribution in [0.25, 0.3) is 0 Å². The van der Waals surface area contributed by atoms with E-state index in [-0.39, 0.29) is 13.2 Å². The molecule has 0 heterocycles. The van der Waals surface area contributed by atoms with E-state index in [1.54, 1.807) is 28.3 Å². The fourth-order valence-electron chi connectivity index (χ4n) is 0.550. The van der Waals surface area contributed by atoms with Crippen LogP contribution >= 0.6 is 0 Å². The van der Waals surface area contributed by atoms with Crippen LogP contribution in [0.3, 0.4) is 0 Å². The average Bonchev–Trinajstić information content (AvgIpc) is 2.29. The molecule has 0 aliphatic rings. The third-order valence-corrected chi connectivity index (χ3v) is 2.40. The van der Waals surface area contributed by atoms with Crippen molar-refractivity contribution in [2.75, 3.05) is 34.5 Å². The van der Waals surface area contributed by atoms with Crippen molar-refractivity contribution in [3.8, 4) is 0 Å². The number of aliphatic hydroxyl groups excluding tert-OH is 1. The molecule has 0 aromatic carbocycles. The van der Waals surface area contributed by atoms with E-state index < -0.39 is 15.5 Å². The summed E-state index contributed by atoms with van der Waals surface area (Å²) in [5.74, 6) is -0.455. The molecule has 0 bridgehead atoms. The highest BCUT2D eigenvalue weighted by Crippen LogP contribution is 1.89. The Hall–Kier alpha value is -0.733. The molecule has 0 atom stereocenters. The van der Waals surface area contributed by atoms with Gasteiger partial charge in [-0.3, -0.25) is 0 Å². The Morgan fingerprint density at radius 2 is 1.69 bits per heavy atom. The van der Waals surface area contributed by atoms with Gasteiger partial charge in [0.1, 0.15) is 6.61 Å². The first-order chi connectivity index (χ1) is 7.53. The quantitative estimate of drug-likeness (QED) is 0.399. The van der Waals surface area contributed by atoms with Crippen molar-refractivity contribution in [3.05, 3.63) is 12.2 Å². The number of rotatable bonds is 6. The second kappa shape index (κ2) is 12.3. The van der Waals surface area contributed by atoms with E-state index in [9.17, 15) is 4.79 Å². The van der Waals surface area contributed by atoms with Gasteiger partial charge in [0.2, 0.25) is 0 Å². The molecule has 0 fully saturated rings. The summed E-state index contributed by atoms with van der Waals surface area (Å²) in [5.41, 5.74) is 0.350. The molecule has 0 amide bonds. The summed E-state index contributed by atoms with van der Waals surface area (Å²) in [7, 11) is 3.05. The molecule has 0 rings (SSSR count). The summed E-state index contributed by atoms with van der Waals surface area (Å²) >= 11 is 0. The molecule has 6 nitrogen and oxygen atoms in total. The Morgan fingerprint density at radius 1 is 1.25 bits per heavy atom. The molecule has 1 N–H and O–H groups in total. The molecule has 0 aliphatic heterocycles. The van der Waals surface area contributed by atoms with E-state index in [1.807, 2.05) is 0 Å². The minimum atomic E-state index is -1.67. The Balaban J connectivity index is 0. The van der Waals surface area contributed by atoms with Gasteiger partial charge < -0.3 is 23.1 Å². The highest BCUT2D eigenvalue weighted by molar-refractivity contribution is 6.36. The lowest BCUT2D eigenvalue weighted by Crippen LogP contribution is -2.21. The Bertz CT molecular complexity index is 187. The van der Waals surface area contributed by atoms with E-state index in [4.69, 9.17) is 18.4 Å². The normalized spacial score (nSPS) is 9.38. The summed E-state index contributed by atoms with van der Waals surface area (Å²) in [6, 6.07) is 0. The zero-order chi connectivity index (χ0) is 13.0. The summed E-state index contributed by atoms with van der Waals surface area (Å²) in [5, 5.41) is 8.19. The van der Waals surface area contributed by atoms with E-state index in [0.717, 1.165) is 0 Å². The van der Waals surface area contributed by atoms with Crippen molar-refractivity contribution in [2.45, 2.75) is 6.92 Å². The minimum absolute atomic E-state index is 0.0473. The zero-order valence-corrected chi connectivity index (χ0v) is 11.3. The highest BCUT2D eigenvalue weighted by Gasteiger charge is 2.05. The lowest BCUT2D eigenvalue weighted by atomic mass is 10.4. The van der Waals surface area contributed by atoms with Gasteiger partial charge in [-0.05, 0) is 6.92 Å². The maximum absolute atomic E-state index is 10.5. The molecule has 0 aliphatic carbocycles. The first-order valence-electron chi connectivity index (χ1n) is 4.55. The van der Waals surface area contributed by atoms with E-state index >= 15 is 0 Å². The number of carbonyl (C=O) groups is 1. The van der Waals surface area contributed by atoms with Gasteiger partial charge in [-0.1, -0.05) is 6.58 Å². The second-order valence-corrected chi connectivity index (χ2v) is 4.63. The smallest absolute Gasteiger partial charge is 0.460 e. The molecule has 0 aromatic heterocycles. The van der Waals surface area contributed by atoms with Crippen molar-refractivity contribution in [2.24, 2.45) is 0 Å². The molecule has 7 heteroatoms. The zero-order valence-electron chi connectivity index (χ0n) is 10.2. The number of esters is 1. The van der Waals surface area contributed by atoms with Crippen LogP contribution in [-0.2, 0) is 22.8 Å². The highest BCUT2D eigenvalue weighted by atomic mass is 28.3. The average molecular weight is 252 g/mol. The molecule has 0 radical (unpaired) electrons. The third kappa shape index (κ3) is 11.3. The summed E-state index contributed by atoms with van der Waals surface area (Å²) in [4.78, 5) is 10.5. The lowest BCUT2D eigenvalue weighted by molar-refractivity contribution is -0.139. The van der Waals surface area contributed by atoms with Gasteiger partial charge in [0.05, 0.1) is 6.61 Å². The standard InChI is InChI=1S/C6H10O3.C3H10O3Si/c1-5(2)6(8)9-4-3-7;1-4-7(5-2)6-3/h7H,1,3-4H2,2H3;7H,1-3H3. The number of hydrogen-bond acceptors (Lipinski definition) is 6. The van der Waals surface area contributed by atoms with Crippen LogP contribution in [0.4, 0.5) is 0 Å². The molecular weight excluding hydrogens is 232 g/mol. The monoisotopic (exact) mass is 252 g/mol. The van der Waals surface area contributed by atoms with Gasteiger partial charge in [0.15, 0.2) is 0 Å². The summed E-state index contributed by atoms with van der Waals surface area (Å²) in [6.07, 6.45) is 0. The first kappa shape index (κ1) is 17.7. The molecule has 0 saturated carbocycles. The van der Waals surface area contributed by atoms with Crippen LogP contribution in [0.1, 0.15) is 6.92 Å². The van der Waals surface area contributed by atoms with E-state index in [0.29, 0.717) is 5.57 Å². The maximum atomic E-state index is 10.5. The van der Waals surface area contributed by atoms with Crippen LogP contribution in [0.2, 0.25) is 0 Å². The van der Waals surface area contributed by atoms with Crippen LogP contribution < -0.4 is 0 Å². The largest absolute Gasteiger partial charge is 0.483 e. The fraction of sp³-hybridized carbons (Fsp3) is 0.667. The summed E-state index contributed by atoms with van der Waals surface area (Å²) in [6.45, 7) is 4.81. The predicted molar refractivity (Wildman–Crippen MR) is 61.0 cm³/mol. The van der Waals surface area contributed by atoms with Gasteiger partial charge in [0, 0.05) is 26.9 Å². The van der Waals surface area contributed by atoms with Gasteiger partial charge in [0.25, 0.3) is 0 Å². The number of carbonyl (C=O) groups excluding carboxylic acids is 1. The van der Waals surface area contributed by atoms with Crippen molar-refractivity contribution in [1.82, 2.24) is 0 Å². The van der Waals surface area contributed by atoms with Crippen LogP contribution in [-0.4, -0.2) is 55.1 Å². The van der Waals surface area contributed by atoms with Crippen LogP contribution in [0.15, 0.2) is 12.2 Å². The van der Waals surface area contributed by atoms with Crippen molar-refractivity contribution < 1.29 is 27.9 Å². The molecule has 0 spiro atoms. The number of aliphatic hydroxyl groups is 1. The van der Waals surface area contributed by atoms with Crippen molar-refractivity contribution in [1.29, 1.82) is 0 Å². The van der Waals surface area contributed by atoms with Gasteiger partial charge in [-0.15, -0.1) is 0 Å². The third-order valence-electron chi connectivity index (χ3n) is 1.25. The van der Waals surface area contributed by atoms with Gasteiger partial charge >= 0.3 is 15.5 Å². The van der Waals surface area contributed by atoms with Crippen LogP contribution in [0, 0.1) is 0 Å². The minimum Gasteiger partial charge on any atom is -0.460 e. The van der Waals surface area contributed by atoms with Crippen molar-refractivity contribution >= 4 is 15.5 Å². The van der Waals surface area contributed by atoms with Gasteiger partial charge in [-0.2, -0.15) is 0 Å². The Kier molecular flexibility index (Phi) is 13.6. The molecule has 96 valence electrons. The number of ether oxygens (including phenoxy) is 1. The molecule has 0 unspecified atom stereocenters. The molecule has 0 aromatic rings. The lowest BCUT2D eigenvalue weighted by Gasteiger charge is -2.05. The van der Waals surface area contributed by atoms with E-state index in [2.05, 4.69) is 11.3 Å². The Morgan fingerprint density at radius 3 is 1.88 bits per heavy atom. The predicted octanol–water partition coefficient (Wildman–Crippen LogP) is -0.259. The SMILES string of the molecule is C=C(C)C(=O)OCCO.CO[SiH](OC)OC. The molecule has 0 saturated heterocycles. The second-order valence-electron chi connectivity index (χ2n) is 2.64.